The number of nitrogens with one attached hydrogen (secondary N) is 1. The number of nitrogens with two attached hydrogens (primary N) is 1. The lowest BCUT2D eigenvalue weighted by atomic mass is 9.85. The molecule has 0 aromatic carbocycles. The van der Waals surface area contributed by atoms with Crippen LogP contribution in [0.3, 0.4) is 0 Å². The minimum absolute atomic E-state index is 0.114. The Morgan fingerprint density at radius 3 is 2.67 bits per heavy atom. The molecule has 1 heterocycles. The summed E-state index contributed by atoms with van der Waals surface area (Å²) in [6, 6.07) is 2.08. The van der Waals surface area contributed by atoms with Crippen LogP contribution >= 0.6 is 11.3 Å². The molecule has 1 rings (SSSR count). The van der Waals surface area contributed by atoms with E-state index in [1.54, 1.807) is 11.3 Å². The third kappa shape index (κ3) is 2.34. The summed E-state index contributed by atoms with van der Waals surface area (Å²) in [6.45, 7) is 6.51. The van der Waals surface area contributed by atoms with E-state index in [1.165, 1.54) is 4.88 Å². The average molecular weight is 224 g/mol. The summed E-state index contributed by atoms with van der Waals surface area (Å²) in [5.41, 5.74) is 6.89. The lowest BCUT2D eigenvalue weighted by Gasteiger charge is -2.22. The van der Waals surface area contributed by atoms with Crippen LogP contribution in [0.15, 0.2) is 18.2 Å². The first-order valence-corrected chi connectivity index (χ1v) is 6.10. The van der Waals surface area contributed by atoms with Crippen molar-refractivity contribution in [2.75, 3.05) is 18.1 Å². The van der Waals surface area contributed by atoms with E-state index in [-0.39, 0.29) is 5.41 Å². The van der Waals surface area contributed by atoms with Gasteiger partial charge >= 0.3 is 0 Å². The maximum Gasteiger partial charge on any atom is 0.112 e. The summed E-state index contributed by atoms with van der Waals surface area (Å²) < 4.78 is 0. The molecule has 0 aliphatic rings. The van der Waals surface area contributed by atoms with Crippen molar-refractivity contribution in [3.63, 3.8) is 0 Å². The maximum atomic E-state index is 5.92. The lowest BCUT2D eigenvalue weighted by Crippen LogP contribution is -2.15. The summed E-state index contributed by atoms with van der Waals surface area (Å²) in [5.74, 6) is 0. The SMILES string of the molecule is C/C=C/C(C)(CC)c1cc(N)c(NC)s1. The van der Waals surface area contributed by atoms with E-state index in [0.29, 0.717) is 0 Å². The predicted octanol–water partition coefficient (Wildman–Crippen LogP) is 3.62. The molecule has 2 nitrogen and oxygen atoms in total. The van der Waals surface area contributed by atoms with Crippen LogP contribution in [0.1, 0.15) is 32.1 Å². The first-order chi connectivity index (χ1) is 7.07. The van der Waals surface area contributed by atoms with Gasteiger partial charge in [-0.15, -0.1) is 11.3 Å². The number of hydrogen-bond acceptors (Lipinski definition) is 3. The Kier molecular flexibility index (Phi) is 3.80. The smallest absolute Gasteiger partial charge is 0.112 e. The normalized spacial score (nSPS) is 15.5. The third-order valence-electron chi connectivity index (χ3n) is 2.82. The molecular weight excluding hydrogens is 204 g/mol. The molecular formula is C12H20N2S. The molecule has 0 spiro atoms. The van der Waals surface area contributed by atoms with E-state index in [0.717, 1.165) is 17.1 Å². The highest BCUT2D eigenvalue weighted by atomic mass is 32.1. The number of rotatable bonds is 4. The molecule has 0 aliphatic heterocycles. The monoisotopic (exact) mass is 224 g/mol. The molecule has 0 saturated carbocycles. The molecule has 3 N–H and O–H groups in total. The van der Waals surface area contributed by atoms with Gasteiger partial charge in [0.05, 0.1) is 5.69 Å². The summed E-state index contributed by atoms with van der Waals surface area (Å²) in [5, 5.41) is 4.19. The molecule has 3 heteroatoms. The van der Waals surface area contributed by atoms with Gasteiger partial charge < -0.3 is 11.1 Å². The van der Waals surface area contributed by atoms with E-state index in [4.69, 9.17) is 5.73 Å². The highest BCUT2D eigenvalue weighted by molar-refractivity contribution is 7.17. The highest BCUT2D eigenvalue weighted by Crippen LogP contribution is 2.40. The van der Waals surface area contributed by atoms with Crippen molar-refractivity contribution in [3.8, 4) is 0 Å². The van der Waals surface area contributed by atoms with E-state index >= 15 is 0 Å². The Morgan fingerprint density at radius 2 is 2.27 bits per heavy atom. The van der Waals surface area contributed by atoms with Crippen LogP contribution in [-0.4, -0.2) is 7.05 Å². The van der Waals surface area contributed by atoms with Crippen LogP contribution < -0.4 is 11.1 Å². The highest BCUT2D eigenvalue weighted by Gasteiger charge is 2.24. The zero-order chi connectivity index (χ0) is 11.5. The first-order valence-electron chi connectivity index (χ1n) is 5.28. The van der Waals surface area contributed by atoms with Crippen molar-refractivity contribution in [3.05, 3.63) is 23.1 Å². The second-order valence-corrected chi connectivity index (χ2v) is 4.97. The van der Waals surface area contributed by atoms with Crippen molar-refractivity contribution >= 4 is 22.0 Å². The molecule has 1 atom stereocenters. The van der Waals surface area contributed by atoms with Crippen LogP contribution in [0.4, 0.5) is 10.7 Å². The van der Waals surface area contributed by atoms with Gasteiger partial charge in [-0.25, -0.2) is 0 Å². The largest absolute Gasteiger partial charge is 0.396 e. The fourth-order valence-corrected chi connectivity index (χ4v) is 2.75. The third-order valence-corrected chi connectivity index (χ3v) is 4.27. The van der Waals surface area contributed by atoms with Crippen LogP contribution in [0.2, 0.25) is 0 Å². The molecule has 0 radical (unpaired) electrons. The van der Waals surface area contributed by atoms with Crippen molar-refractivity contribution < 1.29 is 0 Å². The number of allylic oxidation sites excluding steroid dienone is 2. The molecule has 1 unspecified atom stereocenters. The topological polar surface area (TPSA) is 38.0 Å². The van der Waals surface area contributed by atoms with Crippen molar-refractivity contribution in [2.24, 2.45) is 0 Å². The molecule has 0 amide bonds. The first kappa shape index (κ1) is 12.1. The Morgan fingerprint density at radius 1 is 1.60 bits per heavy atom. The van der Waals surface area contributed by atoms with Crippen molar-refractivity contribution in [2.45, 2.75) is 32.6 Å². The van der Waals surface area contributed by atoms with E-state index in [9.17, 15) is 0 Å². The summed E-state index contributed by atoms with van der Waals surface area (Å²) in [7, 11) is 1.91. The fourth-order valence-electron chi connectivity index (χ4n) is 1.62. The molecule has 84 valence electrons. The van der Waals surface area contributed by atoms with Gasteiger partial charge in [0, 0.05) is 17.3 Å². The van der Waals surface area contributed by atoms with Gasteiger partial charge in [-0.1, -0.05) is 26.0 Å². The Balaban J connectivity index is 3.12. The summed E-state index contributed by atoms with van der Waals surface area (Å²) in [4.78, 5) is 1.32. The van der Waals surface area contributed by atoms with Crippen LogP contribution in [0.5, 0.6) is 0 Å². The molecule has 0 saturated heterocycles. The van der Waals surface area contributed by atoms with E-state index in [1.807, 2.05) is 7.05 Å². The molecule has 0 bridgehead atoms. The zero-order valence-corrected chi connectivity index (χ0v) is 10.7. The zero-order valence-electron chi connectivity index (χ0n) is 9.92. The molecule has 15 heavy (non-hydrogen) atoms. The summed E-state index contributed by atoms with van der Waals surface area (Å²) >= 11 is 1.74. The number of thiophene rings is 1. The Hall–Kier alpha value is -0.960. The van der Waals surface area contributed by atoms with Gasteiger partial charge in [-0.2, -0.15) is 0 Å². The number of hydrogen-bond donors (Lipinski definition) is 2. The van der Waals surface area contributed by atoms with E-state index in [2.05, 4.69) is 44.3 Å². The van der Waals surface area contributed by atoms with E-state index < -0.39 is 0 Å². The molecule has 0 aliphatic carbocycles. The molecule has 0 fully saturated rings. The van der Waals surface area contributed by atoms with Crippen molar-refractivity contribution in [1.82, 2.24) is 0 Å². The maximum absolute atomic E-state index is 5.92. The van der Waals surface area contributed by atoms with Gasteiger partial charge in [0.1, 0.15) is 5.00 Å². The predicted molar refractivity (Wildman–Crippen MR) is 70.7 cm³/mol. The number of anilines is 2. The van der Waals surface area contributed by atoms with Gasteiger partial charge in [0.25, 0.3) is 0 Å². The van der Waals surface area contributed by atoms with Crippen LogP contribution in [-0.2, 0) is 5.41 Å². The molecule has 1 aromatic heterocycles. The van der Waals surface area contributed by atoms with Gasteiger partial charge in [-0.3, -0.25) is 0 Å². The van der Waals surface area contributed by atoms with Gasteiger partial charge in [0.2, 0.25) is 0 Å². The number of nitrogen functional groups attached to an aromatic ring is 1. The Bertz CT molecular complexity index is 355. The fraction of sp³-hybridized carbons (Fsp3) is 0.500. The lowest BCUT2D eigenvalue weighted by molar-refractivity contribution is 0.584. The minimum atomic E-state index is 0.114. The van der Waals surface area contributed by atoms with Gasteiger partial charge in [-0.05, 0) is 19.4 Å². The Labute approximate surface area is 96.2 Å². The standard InChI is InChI=1S/C12H20N2S/c1-5-7-12(3,6-2)10-8-9(13)11(14-4)15-10/h5,7-8,14H,6,13H2,1-4H3/b7-5+. The van der Waals surface area contributed by atoms with Gasteiger partial charge in [0.15, 0.2) is 0 Å². The van der Waals surface area contributed by atoms with Crippen LogP contribution in [0, 0.1) is 0 Å². The molecule has 1 aromatic rings. The second-order valence-electron chi connectivity index (χ2n) is 3.92. The quantitative estimate of drug-likeness (QED) is 0.767. The second kappa shape index (κ2) is 4.71. The van der Waals surface area contributed by atoms with Crippen LogP contribution in [0.25, 0.3) is 0 Å². The minimum Gasteiger partial charge on any atom is -0.396 e. The van der Waals surface area contributed by atoms with Crippen molar-refractivity contribution in [1.29, 1.82) is 0 Å². The average Bonchev–Trinajstić information content (AvgIpc) is 2.60. The summed E-state index contributed by atoms with van der Waals surface area (Å²) in [6.07, 6.45) is 5.44.